The molecular weight excluding hydrogens is 274 g/mol. The summed E-state index contributed by atoms with van der Waals surface area (Å²) in [5, 5.41) is 3.06. The standard InChI is InChI=1S/C18H27N3O/c22-18(8-7-15-5-1-2-6-15)20-14-16-9-10-19-17(13-16)21-11-3-4-12-21/h9-10,13,15H,1-8,11-12,14H2,(H,20,22). The molecule has 0 spiro atoms. The van der Waals surface area contributed by atoms with Gasteiger partial charge in [-0.1, -0.05) is 25.7 Å². The van der Waals surface area contributed by atoms with Gasteiger partial charge in [0.05, 0.1) is 0 Å². The highest BCUT2D eigenvalue weighted by Gasteiger charge is 2.16. The van der Waals surface area contributed by atoms with Crippen LogP contribution in [0.2, 0.25) is 0 Å². The minimum atomic E-state index is 0.187. The van der Waals surface area contributed by atoms with E-state index in [9.17, 15) is 4.79 Å². The molecule has 0 atom stereocenters. The van der Waals surface area contributed by atoms with Crippen LogP contribution in [-0.2, 0) is 11.3 Å². The van der Waals surface area contributed by atoms with Gasteiger partial charge in [0, 0.05) is 32.3 Å². The summed E-state index contributed by atoms with van der Waals surface area (Å²) in [5.74, 6) is 2.02. The van der Waals surface area contributed by atoms with Crippen molar-refractivity contribution in [1.29, 1.82) is 0 Å². The van der Waals surface area contributed by atoms with Crippen molar-refractivity contribution in [3.8, 4) is 0 Å². The van der Waals surface area contributed by atoms with Crippen LogP contribution in [0, 0.1) is 5.92 Å². The predicted molar refractivity (Wildman–Crippen MR) is 88.7 cm³/mol. The van der Waals surface area contributed by atoms with Gasteiger partial charge in [-0.05, 0) is 42.9 Å². The summed E-state index contributed by atoms with van der Waals surface area (Å²) in [5.41, 5.74) is 1.14. The first kappa shape index (κ1) is 15.3. The number of hydrogen-bond donors (Lipinski definition) is 1. The van der Waals surface area contributed by atoms with Crippen molar-refractivity contribution in [2.75, 3.05) is 18.0 Å². The monoisotopic (exact) mass is 301 g/mol. The topological polar surface area (TPSA) is 45.2 Å². The van der Waals surface area contributed by atoms with E-state index in [1.165, 1.54) is 38.5 Å². The fourth-order valence-electron chi connectivity index (χ4n) is 3.61. The van der Waals surface area contributed by atoms with Crippen LogP contribution in [0.4, 0.5) is 5.82 Å². The van der Waals surface area contributed by atoms with Crippen molar-refractivity contribution in [2.45, 2.75) is 57.9 Å². The quantitative estimate of drug-likeness (QED) is 0.877. The molecule has 0 unspecified atom stereocenters. The van der Waals surface area contributed by atoms with E-state index in [0.29, 0.717) is 13.0 Å². The Kier molecular flexibility index (Phi) is 5.30. The first-order chi connectivity index (χ1) is 10.8. The smallest absolute Gasteiger partial charge is 0.220 e. The average Bonchev–Trinajstić information content (AvgIpc) is 3.24. The summed E-state index contributed by atoms with van der Waals surface area (Å²) in [6.45, 7) is 2.82. The fraction of sp³-hybridized carbons (Fsp3) is 0.667. The number of carbonyl (C=O) groups excluding carboxylic acids is 1. The fourth-order valence-corrected chi connectivity index (χ4v) is 3.61. The number of hydrogen-bond acceptors (Lipinski definition) is 3. The lowest BCUT2D eigenvalue weighted by Gasteiger charge is -2.17. The number of aromatic nitrogens is 1. The Hall–Kier alpha value is -1.58. The molecule has 1 aromatic rings. The third kappa shape index (κ3) is 4.21. The zero-order valence-electron chi connectivity index (χ0n) is 13.4. The highest BCUT2D eigenvalue weighted by atomic mass is 16.1. The lowest BCUT2D eigenvalue weighted by Crippen LogP contribution is -2.24. The molecule has 4 heteroatoms. The van der Waals surface area contributed by atoms with Crippen LogP contribution in [0.3, 0.4) is 0 Å². The largest absolute Gasteiger partial charge is 0.357 e. The average molecular weight is 301 g/mol. The molecule has 1 amide bonds. The van der Waals surface area contributed by atoms with Gasteiger partial charge in [0.25, 0.3) is 0 Å². The Labute approximate surface area is 133 Å². The Morgan fingerprint density at radius 1 is 1.23 bits per heavy atom. The number of anilines is 1. The number of rotatable bonds is 6. The van der Waals surface area contributed by atoms with E-state index in [1.54, 1.807) is 0 Å². The van der Waals surface area contributed by atoms with E-state index in [4.69, 9.17) is 0 Å². The maximum absolute atomic E-state index is 12.0. The summed E-state index contributed by atoms with van der Waals surface area (Å²) >= 11 is 0. The second-order valence-electron chi connectivity index (χ2n) is 6.68. The molecule has 4 nitrogen and oxygen atoms in total. The Balaban J connectivity index is 1.44. The van der Waals surface area contributed by atoms with Crippen molar-refractivity contribution < 1.29 is 4.79 Å². The van der Waals surface area contributed by atoms with Crippen molar-refractivity contribution in [3.05, 3.63) is 23.9 Å². The summed E-state index contributed by atoms with van der Waals surface area (Å²) in [7, 11) is 0. The van der Waals surface area contributed by atoms with Crippen LogP contribution in [0.25, 0.3) is 0 Å². The first-order valence-corrected chi connectivity index (χ1v) is 8.78. The van der Waals surface area contributed by atoms with E-state index < -0.39 is 0 Å². The normalized spacial score (nSPS) is 18.8. The van der Waals surface area contributed by atoms with Gasteiger partial charge in [0.1, 0.15) is 5.82 Å². The lowest BCUT2D eigenvalue weighted by molar-refractivity contribution is -0.121. The maximum atomic E-state index is 12.0. The highest BCUT2D eigenvalue weighted by molar-refractivity contribution is 5.75. The highest BCUT2D eigenvalue weighted by Crippen LogP contribution is 2.28. The van der Waals surface area contributed by atoms with E-state index in [2.05, 4.69) is 21.3 Å². The lowest BCUT2D eigenvalue weighted by atomic mass is 10.0. The molecular formula is C18H27N3O. The molecule has 0 bridgehead atoms. The van der Waals surface area contributed by atoms with Gasteiger partial charge in [-0.15, -0.1) is 0 Å². The molecule has 22 heavy (non-hydrogen) atoms. The molecule has 1 saturated heterocycles. The van der Waals surface area contributed by atoms with Crippen molar-refractivity contribution in [3.63, 3.8) is 0 Å². The van der Waals surface area contributed by atoms with Gasteiger partial charge in [0.15, 0.2) is 0 Å². The second kappa shape index (κ2) is 7.61. The molecule has 1 aliphatic heterocycles. The summed E-state index contributed by atoms with van der Waals surface area (Å²) in [6.07, 6.45) is 11.4. The third-order valence-electron chi connectivity index (χ3n) is 4.98. The van der Waals surface area contributed by atoms with Gasteiger partial charge >= 0.3 is 0 Å². The van der Waals surface area contributed by atoms with Gasteiger partial charge < -0.3 is 10.2 Å². The zero-order valence-corrected chi connectivity index (χ0v) is 13.4. The number of carbonyl (C=O) groups is 1. The van der Waals surface area contributed by atoms with E-state index >= 15 is 0 Å². The van der Waals surface area contributed by atoms with Crippen LogP contribution in [0.5, 0.6) is 0 Å². The van der Waals surface area contributed by atoms with E-state index in [-0.39, 0.29) is 5.91 Å². The van der Waals surface area contributed by atoms with Gasteiger partial charge in [-0.3, -0.25) is 4.79 Å². The van der Waals surface area contributed by atoms with Gasteiger partial charge in [-0.2, -0.15) is 0 Å². The number of nitrogens with one attached hydrogen (secondary N) is 1. The number of nitrogens with zero attached hydrogens (tertiary/aromatic N) is 2. The second-order valence-corrected chi connectivity index (χ2v) is 6.68. The van der Waals surface area contributed by atoms with Crippen LogP contribution >= 0.6 is 0 Å². The Bertz CT molecular complexity index is 491. The third-order valence-corrected chi connectivity index (χ3v) is 4.98. The van der Waals surface area contributed by atoms with Gasteiger partial charge in [-0.25, -0.2) is 4.98 Å². The summed E-state index contributed by atoms with van der Waals surface area (Å²) in [4.78, 5) is 18.8. The predicted octanol–water partition coefficient (Wildman–Crippen LogP) is 3.27. The molecule has 2 fully saturated rings. The van der Waals surface area contributed by atoms with E-state index in [0.717, 1.165) is 36.8 Å². The van der Waals surface area contributed by atoms with Crippen LogP contribution in [0.1, 0.15) is 56.9 Å². The number of pyridine rings is 1. The summed E-state index contributed by atoms with van der Waals surface area (Å²) < 4.78 is 0. The summed E-state index contributed by atoms with van der Waals surface area (Å²) in [6, 6.07) is 4.11. The maximum Gasteiger partial charge on any atom is 0.220 e. The van der Waals surface area contributed by atoms with E-state index in [1.807, 2.05) is 12.3 Å². The van der Waals surface area contributed by atoms with Crippen LogP contribution in [-0.4, -0.2) is 24.0 Å². The molecule has 2 heterocycles. The van der Waals surface area contributed by atoms with Crippen LogP contribution in [0.15, 0.2) is 18.3 Å². The Morgan fingerprint density at radius 3 is 2.77 bits per heavy atom. The zero-order chi connectivity index (χ0) is 15.2. The molecule has 1 aliphatic carbocycles. The minimum Gasteiger partial charge on any atom is -0.357 e. The molecule has 0 radical (unpaired) electrons. The molecule has 1 aromatic heterocycles. The SMILES string of the molecule is O=C(CCC1CCCC1)NCc1ccnc(N2CCCC2)c1. The molecule has 3 rings (SSSR count). The van der Waals surface area contributed by atoms with Gasteiger partial charge in [0.2, 0.25) is 5.91 Å². The number of amides is 1. The molecule has 0 aromatic carbocycles. The Morgan fingerprint density at radius 2 is 2.00 bits per heavy atom. The van der Waals surface area contributed by atoms with Crippen LogP contribution < -0.4 is 10.2 Å². The first-order valence-electron chi connectivity index (χ1n) is 8.78. The molecule has 1 saturated carbocycles. The van der Waals surface area contributed by atoms with Crippen molar-refractivity contribution >= 4 is 11.7 Å². The molecule has 1 N–H and O–H groups in total. The molecule has 2 aliphatic rings. The minimum absolute atomic E-state index is 0.187. The van der Waals surface area contributed by atoms with Crippen molar-refractivity contribution in [1.82, 2.24) is 10.3 Å². The van der Waals surface area contributed by atoms with Crippen molar-refractivity contribution in [2.24, 2.45) is 5.92 Å². The molecule has 120 valence electrons.